The molecule has 42 heavy (non-hydrogen) atoms. The van der Waals surface area contributed by atoms with Gasteiger partial charge in [0.2, 0.25) is 29.5 Å². The Hall–Kier alpha value is -4.59. The van der Waals surface area contributed by atoms with Gasteiger partial charge in [-0.15, -0.1) is 0 Å². The zero-order valence-electron chi connectivity index (χ0n) is 23.1. The number of nitrogens with zero attached hydrogens (tertiary/aromatic N) is 2. The van der Waals surface area contributed by atoms with Crippen molar-refractivity contribution >= 4 is 41.4 Å². The number of rotatable bonds is 13. The summed E-state index contributed by atoms with van der Waals surface area (Å²) in [4.78, 5) is 88.4. The number of hydrogen-bond acceptors (Lipinski definition) is 8. The molecule has 14 heteroatoms. The molecule has 1 unspecified atom stereocenters. The van der Waals surface area contributed by atoms with Crippen LogP contribution in [0.25, 0.3) is 0 Å². The van der Waals surface area contributed by atoms with Gasteiger partial charge in [0.15, 0.2) is 0 Å². The van der Waals surface area contributed by atoms with E-state index >= 15 is 0 Å². The first-order valence-corrected chi connectivity index (χ1v) is 13.9. The standard InChI is InChI=1S/C28H35N7O7/c36-22(10-11-34-25(39)8-9-26(34)40)30-14-23(37)31-15-24(38)33-21(12-18-4-2-1-3-5-18)28(42)32-16-27(41)35-17-19-6-7-20(35)13-29-19/h1-5,8-9,19-21,29H,6-7,10-17H2,(H,30,36)(H,31,37)(H,32,42)(H,33,38)/t19-,20?,21+/m1/s1. The highest BCUT2D eigenvalue weighted by atomic mass is 16.2. The average Bonchev–Trinajstić information content (AvgIpc) is 3.33. The number of nitrogens with one attached hydrogen (secondary N) is 5. The minimum Gasteiger partial charge on any atom is -0.347 e. The van der Waals surface area contributed by atoms with E-state index in [9.17, 15) is 33.6 Å². The quantitative estimate of drug-likeness (QED) is 0.156. The van der Waals surface area contributed by atoms with E-state index in [4.69, 9.17) is 0 Å². The Morgan fingerprint density at radius 2 is 1.55 bits per heavy atom. The van der Waals surface area contributed by atoms with Crippen molar-refractivity contribution in [1.82, 2.24) is 36.4 Å². The Balaban J connectivity index is 1.21. The Morgan fingerprint density at radius 1 is 0.857 bits per heavy atom. The van der Waals surface area contributed by atoms with Crippen molar-refractivity contribution in [2.45, 2.75) is 43.8 Å². The van der Waals surface area contributed by atoms with Gasteiger partial charge in [-0.1, -0.05) is 30.3 Å². The van der Waals surface area contributed by atoms with E-state index < -0.39 is 54.6 Å². The minimum absolute atomic E-state index is 0.114. The second-order valence-corrected chi connectivity index (χ2v) is 10.4. The number of piperazine rings is 1. The zero-order chi connectivity index (χ0) is 30.1. The number of benzene rings is 1. The second-order valence-electron chi connectivity index (χ2n) is 10.4. The maximum Gasteiger partial charge on any atom is 0.253 e. The normalized spacial score (nSPS) is 19.8. The summed E-state index contributed by atoms with van der Waals surface area (Å²) in [5.41, 5.74) is 0.795. The van der Waals surface area contributed by atoms with Gasteiger partial charge in [-0.25, -0.2) is 0 Å². The first-order valence-electron chi connectivity index (χ1n) is 13.9. The van der Waals surface area contributed by atoms with Crippen LogP contribution < -0.4 is 26.6 Å². The van der Waals surface area contributed by atoms with Gasteiger partial charge in [-0.2, -0.15) is 0 Å². The van der Waals surface area contributed by atoms with Crippen LogP contribution in [0.5, 0.6) is 0 Å². The highest BCUT2D eigenvalue weighted by Gasteiger charge is 2.36. The van der Waals surface area contributed by atoms with Crippen LogP contribution in [0.4, 0.5) is 0 Å². The molecule has 3 fully saturated rings. The lowest BCUT2D eigenvalue weighted by molar-refractivity contribution is -0.138. The van der Waals surface area contributed by atoms with Gasteiger partial charge in [-0.3, -0.25) is 38.5 Å². The molecule has 224 valence electrons. The third kappa shape index (κ3) is 8.46. The summed E-state index contributed by atoms with van der Waals surface area (Å²) < 4.78 is 0. The van der Waals surface area contributed by atoms with Gasteiger partial charge in [0.1, 0.15) is 6.04 Å². The van der Waals surface area contributed by atoms with E-state index in [1.807, 2.05) is 18.2 Å². The Bertz CT molecular complexity index is 1230. The van der Waals surface area contributed by atoms with Gasteiger partial charge in [0.05, 0.1) is 19.6 Å². The molecule has 4 aliphatic rings. The molecule has 3 atom stereocenters. The number of hydrogen-bond donors (Lipinski definition) is 5. The number of carbonyl (C=O) groups is 7. The maximum absolute atomic E-state index is 13.0. The summed E-state index contributed by atoms with van der Waals surface area (Å²) in [5, 5.41) is 13.4. The fraction of sp³-hybridized carbons (Fsp3) is 0.464. The molecule has 5 rings (SSSR count). The van der Waals surface area contributed by atoms with E-state index in [2.05, 4.69) is 26.6 Å². The highest BCUT2D eigenvalue weighted by Crippen LogP contribution is 2.22. The second kappa shape index (κ2) is 14.3. The van der Waals surface area contributed by atoms with Crippen LogP contribution in [0.1, 0.15) is 24.8 Å². The molecule has 4 heterocycles. The van der Waals surface area contributed by atoms with Crippen LogP contribution in [-0.2, 0) is 40.0 Å². The predicted molar refractivity (Wildman–Crippen MR) is 148 cm³/mol. The van der Waals surface area contributed by atoms with Crippen LogP contribution in [0.2, 0.25) is 0 Å². The minimum atomic E-state index is -0.991. The highest BCUT2D eigenvalue weighted by molar-refractivity contribution is 6.13. The molecule has 2 bridgehead atoms. The lowest BCUT2D eigenvalue weighted by atomic mass is 9.93. The van der Waals surface area contributed by atoms with Crippen molar-refractivity contribution in [3.05, 3.63) is 48.0 Å². The summed E-state index contributed by atoms with van der Waals surface area (Å²) in [6.07, 6.45) is 4.17. The molecule has 0 aliphatic carbocycles. The molecule has 3 saturated heterocycles. The van der Waals surface area contributed by atoms with Crippen LogP contribution in [0, 0.1) is 0 Å². The SMILES string of the molecule is O=C(CCN1C(=O)C=CC1=O)NCC(=O)NCC(=O)N[C@@H](Cc1ccccc1)C(=O)NCC(=O)N1C[C@H]2CCC1CN2. The van der Waals surface area contributed by atoms with Gasteiger partial charge < -0.3 is 31.5 Å². The van der Waals surface area contributed by atoms with E-state index in [1.54, 1.807) is 17.0 Å². The summed E-state index contributed by atoms with van der Waals surface area (Å²) in [6.45, 7) is 0.183. The fourth-order valence-corrected chi connectivity index (χ4v) is 5.08. The van der Waals surface area contributed by atoms with Crippen molar-refractivity contribution in [2.24, 2.45) is 0 Å². The monoisotopic (exact) mass is 581 g/mol. The van der Waals surface area contributed by atoms with E-state index in [1.165, 1.54) is 0 Å². The summed E-state index contributed by atoms with van der Waals surface area (Å²) in [7, 11) is 0. The molecule has 1 aromatic carbocycles. The molecule has 14 nitrogen and oxygen atoms in total. The van der Waals surface area contributed by atoms with Gasteiger partial charge in [0, 0.05) is 56.7 Å². The molecular weight excluding hydrogens is 546 g/mol. The molecule has 5 N–H and O–H groups in total. The van der Waals surface area contributed by atoms with Gasteiger partial charge in [-0.05, 0) is 18.4 Å². The fourth-order valence-electron chi connectivity index (χ4n) is 5.08. The van der Waals surface area contributed by atoms with Crippen LogP contribution in [0.3, 0.4) is 0 Å². The van der Waals surface area contributed by atoms with Gasteiger partial charge >= 0.3 is 0 Å². The van der Waals surface area contributed by atoms with E-state index in [0.29, 0.717) is 6.54 Å². The first kappa shape index (κ1) is 30.4. The lowest BCUT2D eigenvalue weighted by Crippen LogP contribution is -2.63. The molecule has 0 spiro atoms. The predicted octanol–water partition coefficient (Wildman–Crippen LogP) is -2.66. The Kier molecular flexibility index (Phi) is 10.4. The Labute approximate surface area is 242 Å². The van der Waals surface area contributed by atoms with Gasteiger partial charge in [0.25, 0.3) is 11.8 Å². The number of imide groups is 1. The number of amides is 7. The topological polar surface area (TPSA) is 186 Å². The number of fused-ring (bicyclic) bond motifs is 3. The smallest absolute Gasteiger partial charge is 0.253 e. The molecule has 4 aliphatic heterocycles. The third-order valence-electron chi connectivity index (χ3n) is 7.37. The van der Waals surface area contributed by atoms with E-state index in [-0.39, 0.29) is 43.9 Å². The molecule has 0 radical (unpaired) electrons. The lowest BCUT2D eigenvalue weighted by Gasteiger charge is -2.46. The van der Waals surface area contributed by atoms with Crippen molar-refractivity contribution in [1.29, 1.82) is 0 Å². The molecule has 0 aromatic heterocycles. The van der Waals surface area contributed by atoms with Crippen molar-refractivity contribution in [3.63, 3.8) is 0 Å². The summed E-state index contributed by atoms with van der Waals surface area (Å²) in [6, 6.07) is 8.46. The number of carbonyl (C=O) groups excluding carboxylic acids is 7. The van der Waals surface area contributed by atoms with Crippen LogP contribution in [0.15, 0.2) is 42.5 Å². The molecule has 1 aromatic rings. The van der Waals surface area contributed by atoms with Crippen molar-refractivity contribution in [3.8, 4) is 0 Å². The largest absolute Gasteiger partial charge is 0.347 e. The summed E-state index contributed by atoms with van der Waals surface area (Å²) >= 11 is 0. The first-order chi connectivity index (χ1) is 20.2. The van der Waals surface area contributed by atoms with Crippen LogP contribution in [-0.4, -0.2) is 109 Å². The maximum atomic E-state index is 13.0. The number of piperidine rings is 2. The average molecular weight is 582 g/mol. The Morgan fingerprint density at radius 3 is 2.19 bits per heavy atom. The van der Waals surface area contributed by atoms with Crippen molar-refractivity contribution in [2.75, 3.05) is 39.3 Å². The molecule has 0 saturated carbocycles. The molecule has 7 amide bonds. The van der Waals surface area contributed by atoms with Crippen LogP contribution >= 0.6 is 0 Å². The molecular formula is C28H35N7O7. The zero-order valence-corrected chi connectivity index (χ0v) is 23.1. The van der Waals surface area contributed by atoms with Crippen molar-refractivity contribution < 1.29 is 33.6 Å². The summed E-state index contributed by atoms with van der Waals surface area (Å²) in [5.74, 6) is -3.53. The third-order valence-corrected chi connectivity index (χ3v) is 7.37. The van der Waals surface area contributed by atoms with E-state index in [0.717, 1.165) is 42.0 Å².